The third-order valence-corrected chi connectivity index (χ3v) is 6.29. The van der Waals surface area contributed by atoms with Crippen molar-refractivity contribution in [3.63, 3.8) is 0 Å². The Hall–Kier alpha value is -1.38. The molecule has 2 rings (SSSR count). The number of sulfonamides is 1. The molecule has 2 heterocycles. The first kappa shape index (κ1) is 17.0. The maximum Gasteiger partial charge on any atom is 0.354 e. The van der Waals surface area contributed by atoms with E-state index >= 15 is 0 Å². The number of nitrogens with zero attached hydrogens (tertiary/aromatic N) is 3. The van der Waals surface area contributed by atoms with Gasteiger partial charge in [0.15, 0.2) is 0 Å². The first-order chi connectivity index (χ1) is 10.3. The van der Waals surface area contributed by atoms with Gasteiger partial charge in [-0.2, -0.15) is 4.31 Å². The minimum absolute atomic E-state index is 0.181. The van der Waals surface area contributed by atoms with Gasteiger partial charge in [0.25, 0.3) is 0 Å². The normalized spacial score (nSPS) is 17.6. The van der Waals surface area contributed by atoms with Crippen LogP contribution in [0.15, 0.2) is 11.0 Å². The van der Waals surface area contributed by atoms with Crippen molar-refractivity contribution in [3.05, 3.63) is 17.5 Å². The minimum atomic E-state index is -3.59. The smallest absolute Gasteiger partial charge is 0.354 e. The van der Waals surface area contributed by atoms with Crippen molar-refractivity contribution in [2.24, 2.45) is 7.05 Å². The fourth-order valence-corrected chi connectivity index (χ4v) is 4.35. The van der Waals surface area contributed by atoms with E-state index in [2.05, 4.69) is 11.8 Å². The molecule has 1 saturated heterocycles. The number of likely N-dealkylation sites (N-methyl/N-ethyl adjacent to an activating group) is 1. The molecule has 1 aromatic rings. The van der Waals surface area contributed by atoms with Crippen molar-refractivity contribution >= 4 is 16.0 Å². The van der Waals surface area contributed by atoms with Gasteiger partial charge < -0.3 is 14.2 Å². The predicted molar refractivity (Wildman–Crippen MR) is 82.4 cm³/mol. The van der Waals surface area contributed by atoms with Crippen molar-refractivity contribution in [2.45, 2.75) is 18.7 Å². The van der Waals surface area contributed by atoms with Gasteiger partial charge in [0.2, 0.25) is 10.0 Å². The van der Waals surface area contributed by atoms with E-state index in [-0.39, 0.29) is 10.6 Å². The second kappa shape index (κ2) is 6.39. The number of ether oxygens (including phenoxy) is 1. The highest BCUT2D eigenvalue weighted by atomic mass is 32.2. The zero-order valence-corrected chi connectivity index (χ0v) is 14.3. The molecule has 0 radical (unpaired) electrons. The number of carbonyl (C=O) groups excluding carboxylic acids is 1. The lowest BCUT2D eigenvalue weighted by Gasteiger charge is -2.33. The first-order valence-electron chi connectivity index (χ1n) is 7.30. The van der Waals surface area contributed by atoms with Crippen molar-refractivity contribution in [3.8, 4) is 0 Å². The zero-order chi connectivity index (χ0) is 16.5. The predicted octanol–water partition coefficient (Wildman–Crippen LogP) is 0.446. The summed E-state index contributed by atoms with van der Waals surface area (Å²) in [6.45, 7) is 7.08. The fraction of sp³-hybridized carbons (Fsp3) is 0.643. The molecule has 124 valence electrons. The second-order valence-electron chi connectivity index (χ2n) is 5.37. The number of rotatable bonds is 4. The van der Waals surface area contributed by atoms with Crippen LogP contribution in [0.4, 0.5) is 0 Å². The maximum absolute atomic E-state index is 12.8. The van der Waals surface area contributed by atoms with E-state index in [1.54, 1.807) is 18.5 Å². The van der Waals surface area contributed by atoms with Crippen molar-refractivity contribution in [1.82, 2.24) is 13.8 Å². The molecule has 0 unspecified atom stereocenters. The second-order valence-corrected chi connectivity index (χ2v) is 7.27. The first-order valence-corrected chi connectivity index (χ1v) is 8.74. The summed E-state index contributed by atoms with van der Waals surface area (Å²) in [5, 5.41) is 0. The van der Waals surface area contributed by atoms with E-state index in [1.807, 2.05) is 0 Å². The van der Waals surface area contributed by atoms with Crippen molar-refractivity contribution in [1.29, 1.82) is 0 Å². The molecule has 1 fully saturated rings. The Morgan fingerprint density at radius 3 is 2.36 bits per heavy atom. The quantitative estimate of drug-likeness (QED) is 0.750. The van der Waals surface area contributed by atoms with Crippen LogP contribution in [0.2, 0.25) is 0 Å². The van der Waals surface area contributed by atoms with Gasteiger partial charge in [0, 0.05) is 38.9 Å². The van der Waals surface area contributed by atoms with Gasteiger partial charge in [-0.1, -0.05) is 6.92 Å². The fourth-order valence-electron chi connectivity index (χ4n) is 2.66. The number of methoxy groups -OCH3 is 1. The molecule has 0 aromatic carbocycles. The summed E-state index contributed by atoms with van der Waals surface area (Å²) in [4.78, 5) is 14.1. The number of hydrogen-bond donors (Lipinski definition) is 0. The molecule has 1 aliphatic heterocycles. The summed E-state index contributed by atoms with van der Waals surface area (Å²) in [7, 11) is -0.647. The van der Waals surface area contributed by atoms with Gasteiger partial charge >= 0.3 is 5.97 Å². The number of carbonyl (C=O) groups is 1. The Kier molecular flexibility index (Phi) is 4.93. The van der Waals surface area contributed by atoms with Gasteiger partial charge in [-0.25, -0.2) is 13.2 Å². The molecule has 7 nitrogen and oxygen atoms in total. The molecule has 0 aliphatic carbocycles. The van der Waals surface area contributed by atoms with Crippen LogP contribution >= 0.6 is 0 Å². The topological polar surface area (TPSA) is 71.8 Å². The van der Waals surface area contributed by atoms with Crippen LogP contribution in [0, 0.1) is 6.92 Å². The van der Waals surface area contributed by atoms with Crippen LogP contribution < -0.4 is 0 Å². The van der Waals surface area contributed by atoms with E-state index < -0.39 is 16.0 Å². The van der Waals surface area contributed by atoms with E-state index in [9.17, 15) is 13.2 Å². The van der Waals surface area contributed by atoms with Crippen molar-refractivity contribution in [2.75, 3.05) is 39.8 Å². The monoisotopic (exact) mass is 329 g/mol. The summed E-state index contributed by atoms with van der Waals surface area (Å²) in [6.07, 6.45) is 0. The Labute approximate surface area is 131 Å². The molecule has 0 amide bonds. The number of esters is 1. The van der Waals surface area contributed by atoms with Crippen LogP contribution in [0.3, 0.4) is 0 Å². The third-order valence-electron chi connectivity index (χ3n) is 4.28. The van der Waals surface area contributed by atoms with Crippen LogP contribution in [0.1, 0.15) is 23.1 Å². The number of piperazine rings is 1. The van der Waals surface area contributed by atoms with Crippen LogP contribution in [0.5, 0.6) is 0 Å². The summed E-state index contributed by atoms with van der Waals surface area (Å²) in [6, 6.07) is 1.41. The van der Waals surface area contributed by atoms with Gasteiger partial charge in [-0.3, -0.25) is 0 Å². The average Bonchev–Trinajstić information content (AvgIpc) is 2.83. The Morgan fingerprint density at radius 1 is 1.27 bits per heavy atom. The third kappa shape index (κ3) is 2.90. The lowest BCUT2D eigenvalue weighted by atomic mass is 10.4. The van der Waals surface area contributed by atoms with E-state index in [0.717, 1.165) is 19.6 Å². The average molecular weight is 329 g/mol. The molecule has 0 saturated carbocycles. The standard InChI is InChI=1S/C14H23N3O4S/c1-5-16-6-8-17(9-7-16)22(19,20)13-10-12(14(18)21-4)15(3)11(13)2/h10H,5-9H2,1-4H3. The molecule has 1 aromatic heterocycles. The summed E-state index contributed by atoms with van der Waals surface area (Å²) in [5.74, 6) is -0.539. The summed E-state index contributed by atoms with van der Waals surface area (Å²) >= 11 is 0. The lowest BCUT2D eigenvalue weighted by Crippen LogP contribution is -2.48. The van der Waals surface area contributed by atoms with Gasteiger partial charge in [0.1, 0.15) is 10.6 Å². The van der Waals surface area contributed by atoms with Crippen LogP contribution in [-0.4, -0.2) is 68.0 Å². The van der Waals surface area contributed by atoms with Gasteiger partial charge in [0.05, 0.1) is 7.11 Å². The van der Waals surface area contributed by atoms with Crippen LogP contribution in [0.25, 0.3) is 0 Å². The maximum atomic E-state index is 12.8. The molecule has 1 aliphatic rings. The number of hydrogen-bond acceptors (Lipinski definition) is 5. The summed E-state index contributed by atoms with van der Waals surface area (Å²) < 4.78 is 33.4. The van der Waals surface area contributed by atoms with Crippen LogP contribution in [-0.2, 0) is 21.8 Å². The molecule has 0 spiro atoms. The molecule has 22 heavy (non-hydrogen) atoms. The van der Waals surface area contributed by atoms with Gasteiger partial charge in [-0.05, 0) is 19.5 Å². The Bertz CT molecular complexity index is 658. The van der Waals surface area contributed by atoms with Crippen molar-refractivity contribution < 1.29 is 17.9 Å². The van der Waals surface area contributed by atoms with E-state index in [4.69, 9.17) is 4.74 Å². The summed E-state index contributed by atoms with van der Waals surface area (Å²) in [5.41, 5.74) is 0.782. The highest BCUT2D eigenvalue weighted by Crippen LogP contribution is 2.24. The molecule has 0 bridgehead atoms. The highest BCUT2D eigenvalue weighted by Gasteiger charge is 2.32. The molecular weight excluding hydrogens is 306 g/mol. The van der Waals surface area contributed by atoms with E-state index in [0.29, 0.717) is 18.8 Å². The van der Waals surface area contributed by atoms with Gasteiger partial charge in [-0.15, -0.1) is 0 Å². The molecule has 0 atom stereocenters. The lowest BCUT2D eigenvalue weighted by molar-refractivity contribution is 0.0589. The molecular formula is C14H23N3O4S. The largest absolute Gasteiger partial charge is 0.464 e. The molecule has 0 N–H and O–H groups in total. The van der Waals surface area contributed by atoms with E-state index in [1.165, 1.54) is 17.5 Å². The zero-order valence-electron chi connectivity index (χ0n) is 13.5. The number of aromatic nitrogens is 1. The Morgan fingerprint density at radius 2 is 1.86 bits per heavy atom. The molecule has 8 heteroatoms. The SMILES string of the molecule is CCN1CCN(S(=O)(=O)c2cc(C(=O)OC)n(C)c2C)CC1. The minimum Gasteiger partial charge on any atom is -0.464 e. The highest BCUT2D eigenvalue weighted by molar-refractivity contribution is 7.89. The Balaban J connectivity index is 2.33.